The largest absolute Gasteiger partial charge is 0.491 e. The highest BCUT2D eigenvalue weighted by molar-refractivity contribution is 5.52. The highest BCUT2D eigenvalue weighted by atomic mass is 16.5. The summed E-state index contributed by atoms with van der Waals surface area (Å²) in [5.41, 5.74) is 3.25. The summed E-state index contributed by atoms with van der Waals surface area (Å²) in [5.74, 6) is 2.65. The van der Waals surface area contributed by atoms with Crippen molar-refractivity contribution in [1.82, 2.24) is 0 Å². The molecule has 0 spiro atoms. The Morgan fingerprint density at radius 3 is 0.844 bits per heavy atom. The molecule has 0 heterocycles. The Morgan fingerprint density at radius 1 is 0.438 bits per heavy atom. The standard InChI is InChI=1S/C29H36O3/c1-20(2)30-26-14-8-23(9-15-26)29(7,24-10-16-27(17-11-24)31-21(3)4)25-12-18-28(19-13-25)32-22(5)6/h8-22H,1-7H3. The van der Waals surface area contributed by atoms with E-state index in [0.29, 0.717) is 0 Å². The van der Waals surface area contributed by atoms with Crippen LogP contribution >= 0.6 is 0 Å². The van der Waals surface area contributed by atoms with E-state index in [1.54, 1.807) is 0 Å². The predicted molar refractivity (Wildman–Crippen MR) is 132 cm³/mol. The fraction of sp³-hybridized carbons (Fsp3) is 0.379. The van der Waals surface area contributed by atoms with Crippen LogP contribution < -0.4 is 14.2 Å². The Morgan fingerprint density at radius 2 is 0.656 bits per heavy atom. The van der Waals surface area contributed by atoms with E-state index in [1.165, 1.54) is 16.7 Å². The minimum Gasteiger partial charge on any atom is -0.491 e. The Labute approximate surface area is 193 Å². The third kappa shape index (κ3) is 5.64. The molecule has 0 bridgehead atoms. The molecular formula is C29H36O3. The maximum Gasteiger partial charge on any atom is 0.119 e. The van der Waals surface area contributed by atoms with Gasteiger partial charge in [-0.05, 0) is 102 Å². The van der Waals surface area contributed by atoms with Crippen molar-refractivity contribution in [3.8, 4) is 17.2 Å². The average molecular weight is 433 g/mol. The average Bonchev–Trinajstić information content (AvgIpc) is 2.73. The van der Waals surface area contributed by atoms with E-state index in [-0.39, 0.29) is 23.7 Å². The van der Waals surface area contributed by atoms with Crippen molar-refractivity contribution in [1.29, 1.82) is 0 Å². The van der Waals surface area contributed by atoms with Crippen LogP contribution in [0.25, 0.3) is 0 Å². The molecule has 0 aliphatic heterocycles. The Hall–Kier alpha value is -2.94. The SMILES string of the molecule is CC(C)Oc1ccc(C(C)(c2ccc(OC(C)C)cc2)c2ccc(OC(C)C)cc2)cc1. The van der Waals surface area contributed by atoms with Crippen molar-refractivity contribution in [3.63, 3.8) is 0 Å². The lowest BCUT2D eigenvalue weighted by Crippen LogP contribution is -2.25. The monoisotopic (exact) mass is 432 g/mol. The molecule has 0 radical (unpaired) electrons. The van der Waals surface area contributed by atoms with Crippen molar-refractivity contribution in [2.24, 2.45) is 0 Å². The molecule has 0 fully saturated rings. The highest BCUT2D eigenvalue weighted by Crippen LogP contribution is 2.40. The van der Waals surface area contributed by atoms with Gasteiger partial charge in [0.25, 0.3) is 0 Å². The first-order valence-electron chi connectivity index (χ1n) is 11.5. The van der Waals surface area contributed by atoms with E-state index in [1.807, 2.05) is 41.5 Å². The second kappa shape index (κ2) is 10.1. The lowest BCUT2D eigenvalue weighted by molar-refractivity contribution is 0.242. The minimum atomic E-state index is -0.344. The number of benzene rings is 3. The lowest BCUT2D eigenvalue weighted by atomic mass is 9.71. The summed E-state index contributed by atoms with van der Waals surface area (Å²) in [7, 11) is 0. The molecule has 32 heavy (non-hydrogen) atoms. The first kappa shape index (κ1) is 23.7. The summed E-state index contributed by atoms with van der Waals surface area (Å²) in [6.45, 7) is 14.5. The van der Waals surface area contributed by atoms with E-state index < -0.39 is 0 Å². The Bertz CT molecular complexity index is 838. The van der Waals surface area contributed by atoms with Crippen molar-refractivity contribution < 1.29 is 14.2 Å². The van der Waals surface area contributed by atoms with E-state index in [2.05, 4.69) is 79.7 Å². The topological polar surface area (TPSA) is 27.7 Å². The van der Waals surface area contributed by atoms with Crippen LogP contribution in [-0.4, -0.2) is 18.3 Å². The highest BCUT2D eigenvalue weighted by Gasteiger charge is 2.31. The van der Waals surface area contributed by atoms with Crippen LogP contribution in [0.2, 0.25) is 0 Å². The van der Waals surface area contributed by atoms with E-state index in [0.717, 1.165) is 17.2 Å². The predicted octanol–water partition coefficient (Wildman–Crippen LogP) is 7.40. The molecule has 0 aliphatic rings. The number of hydrogen-bond acceptors (Lipinski definition) is 3. The smallest absolute Gasteiger partial charge is 0.119 e. The first-order valence-corrected chi connectivity index (χ1v) is 11.5. The normalized spacial score (nSPS) is 11.8. The zero-order valence-corrected chi connectivity index (χ0v) is 20.4. The van der Waals surface area contributed by atoms with Crippen molar-refractivity contribution in [2.75, 3.05) is 0 Å². The van der Waals surface area contributed by atoms with Crippen LogP contribution in [0, 0.1) is 0 Å². The first-order chi connectivity index (χ1) is 15.2. The van der Waals surface area contributed by atoms with Crippen molar-refractivity contribution in [2.45, 2.75) is 72.2 Å². The molecule has 0 atom stereocenters. The van der Waals surface area contributed by atoms with Crippen LogP contribution in [0.4, 0.5) is 0 Å². The van der Waals surface area contributed by atoms with Crippen LogP contribution in [-0.2, 0) is 5.41 Å². The van der Waals surface area contributed by atoms with Crippen molar-refractivity contribution in [3.05, 3.63) is 89.5 Å². The van der Waals surface area contributed by atoms with Gasteiger partial charge in [-0.2, -0.15) is 0 Å². The molecular weight excluding hydrogens is 396 g/mol. The maximum atomic E-state index is 5.87. The van der Waals surface area contributed by atoms with Gasteiger partial charge in [-0.15, -0.1) is 0 Å². The summed E-state index contributed by atoms with van der Waals surface area (Å²) >= 11 is 0. The summed E-state index contributed by atoms with van der Waals surface area (Å²) in [6, 6.07) is 25.3. The molecule has 0 saturated heterocycles. The molecule has 0 N–H and O–H groups in total. The molecule has 0 amide bonds. The van der Waals surface area contributed by atoms with Crippen LogP contribution in [0.1, 0.15) is 65.2 Å². The summed E-state index contributed by atoms with van der Waals surface area (Å²) in [6.07, 6.45) is 0.442. The van der Waals surface area contributed by atoms with Gasteiger partial charge >= 0.3 is 0 Å². The lowest BCUT2D eigenvalue weighted by Gasteiger charge is -2.32. The summed E-state index contributed by atoms with van der Waals surface area (Å²) in [4.78, 5) is 0. The fourth-order valence-electron chi connectivity index (χ4n) is 3.92. The molecule has 3 aromatic carbocycles. The van der Waals surface area contributed by atoms with Gasteiger partial charge in [0.05, 0.1) is 18.3 Å². The molecule has 0 aromatic heterocycles. The quantitative estimate of drug-likeness (QED) is 0.330. The fourth-order valence-corrected chi connectivity index (χ4v) is 3.92. The molecule has 3 aromatic rings. The third-order valence-corrected chi connectivity index (χ3v) is 5.41. The van der Waals surface area contributed by atoms with Gasteiger partial charge in [0, 0.05) is 5.41 Å². The molecule has 3 rings (SSSR count). The molecule has 0 aliphatic carbocycles. The Balaban J connectivity index is 2.04. The van der Waals surface area contributed by atoms with E-state index >= 15 is 0 Å². The van der Waals surface area contributed by atoms with Gasteiger partial charge in [0.15, 0.2) is 0 Å². The minimum absolute atomic E-state index is 0.147. The zero-order chi connectivity index (χ0) is 23.3. The molecule has 170 valence electrons. The molecule has 0 unspecified atom stereocenters. The second-order valence-corrected chi connectivity index (χ2v) is 9.20. The van der Waals surface area contributed by atoms with Crippen LogP contribution in [0.3, 0.4) is 0 Å². The van der Waals surface area contributed by atoms with Crippen molar-refractivity contribution >= 4 is 0 Å². The third-order valence-electron chi connectivity index (χ3n) is 5.41. The second-order valence-electron chi connectivity index (χ2n) is 9.20. The van der Waals surface area contributed by atoms with Gasteiger partial charge in [0.2, 0.25) is 0 Å². The molecule has 0 saturated carbocycles. The number of hydrogen-bond donors (Lipinski definition) is 0. The summed E-state index contributed by atoms with van der Waals surface area (Å²) in [5, 5.41) is 0. The van der Waals surface area contributed by atoms with Crippen LogP contribution in [0.15, 0.2) is 72.8 Å². The Kier molecular flexibility index (Phi) is 7.50. The number of rotatable bonds is 9. The molecule has 3 heteroatoms. The van der Waals surface area contributed by atoms with Crippen LogP contribution in [0.5, 0.6) is 17.2 Å². The van der Waals surface area contributed by atoms with Gasteiger partial charge in [-0.25, -0.2) is 0 Å². The van der Waals surface area contributed by atoms with Gasteiger partial charge < -0.3 is 14.2 Å². The number of ether oxygens (including phenoxy) is 3. The van der Waals surface area contributed by atoms with Gasteiger partial charge in [-0.1, -0.05) is 36.4 Å². The van der Waals surface area contributed by atoms with E-state index in [9.17, 15) is 0 Å². The maximum absolute atomic E-state index is 5.87. The molecule has 3 nitrogen and oxygen atoms in total. The van der Waals surface area contributed by atoms with Gasteiger partial charge in [-0.3, -0.25) is 0 Å². The van der Waals surface area contributed by atoms with Gasteiger partial charge in [0.1, 0.15) is 17.2 Å². The van der Waals surface area contributed by atoms with E-state index in [4.69, 9.17) is 14.2 Å². The summed E-state index contributed by atoms with van der Waals surface area (Å²) < 4.78 is 17.6. The zero-order valence-electron chi connectivity index (χ0n) is 20.4.